The summed E-state index contributed by atoms with van der Waals surface area (Å²) in [5.41, 5.74) is 1.25. The second-order valence-electron chi connectivity index (χ2n) is 7.36. The molecule has 184 valence electrons. The van der Waals surface area contributed by atoms with E-state index in [4.69, 9.17) is 14.2 Å². The molecule has 0 saturated carbocycles. The van der Waals surface area contributed by atoms with Crippen LogP contribution in [-0.4, -0.2) is 50.2 Å². The van der Waals surface area contributed by atoms with E-state index in [9.17, 15) is 19.2 Å². The number of hydrogen-bond acceptors (Lipinski definition) is 7. The molecular weight excluding hydrogens is 454 g/mol. The molecule has 3 amide bonds. The van der Waals surface area contributed by atoms with E-state index >= 15 is 0 Å². The lowest BCUT2D eigenvalue weighted by atomic mass is 9.95. The molecule has 0 aromatic heterocycles. The summed E-state index contributed by atoms with van der Waals surface area (Å²) in [7, 11) is 0. The molecule has 2 aromatic carbocycles. The number of urea groups is 1. The van der Waals surface area contributed by atoms with Gasteiger partial charge in [-0.2, -0.15) is 0 Å². The van der Waals surface area contributed by atoms with Gasteiger partial charge in [0.1, 0.15) is 18.9 Å². The topological polar surface area (TPSA) is 132 Å². The Morgan fingerprint density at radius 2 is 1.66 bits per heavy atom. The fourth-order valence-corrected chi connectivity index (χ4v) is 3.40. The van der Waals surface area contributed by atoms with Gasteiger partial charge < -0.3 is 30.2 Å². The SMILES string of the molecule is CCOC(=O)C1=C(COC(=O)CNC(=O)c2ccc(OCC)cc2)NC(=O)NC1c1ccccc1. The molecule has 1 atom stereocenters. The molecule has 0 spiro atoms. The summed E-state index contributed by atoms with van der Waals surface area (Å²) in [5.74, 6) is -1.23. The van der Waals surface area contributed by atoms with Crippen LogP contribution >= 0.6 is 0 Å². The summed E-state index contributed by atoms with van der Waals surface area (Å²) in [6.07, 6.45) is 0. The molecule has 0 radical (unpaired) electrons. The molecule has 3 rings (SSSR count). The number of nitrogens with one attached hydrogen (secondary N) is 3. The Balaban J connectivity index is 1.66. The number of carbonyl (C=O) groups is 4. The molecule has 10 nitrogen and oxygen atoms in total. The van der Waals surface area contributed by atoms with Gasteiger partial charge >= 0.3 is 18.0 Å². The van der Waals surface area contributed by atoms with Crippen LogP contribution in [0.15, 0.2) is 65.9 Å². The Hall–Kier alpha value is -4.34. The molecule has 0 aliphatic carbocycles. The first kappa shape index (κ1) is 25.3. The molecule has 2 aromatic rings. The molecule has 0 bridgehead atoms. The van der Waals surface area contributed by atoms with Gasteiger partial charge in [0.2, 0.25) is 0 Å². The molecule has 1 heterocycles. The lowest BCUT2D eigenvalue weighted by Crippen LogP contribution is -2.47. The van der Waals surface area contributed by atoms with Gasteiger partial charge in [-0.25, -0.2) is 9.59 Å². The first-order valence-corrected chi connectivity index (χ1v) is 11.1. The van der Waals surface area contributed by atoms with Crippen LogP contribution < -0.4 is 20.7 Å². The molecule has 1 aliphatic rings. The van der Waals surface area contributed by atoms with E-state index in [0.29, 0.717) is 23.5 Å². The van der Waals surface area contributed by atoms with Gasteiger partial charge in [-0.15, -0.1) is 0 Å². The maximum Gasteiger partial charge on any atom is 0.338 e. The smallest absolute Gasteiger partial charge is 0.338 e. The number of amides is 3. The normalized spacial score (nSPS) is 14.9. The van der Waals surface area contributed by atoms with Crippen LogP contribution in [0.1, 0.15) is 35.8 Å². The number of hydrogen-bond donors (Lipinski definition) is 3. The lowest BCUT2D eigenvalue weighted by Gasteiger charge is -2.29. The zero-order chi connectivity index (χ0) is 25.2. The summed E-state index contributed by atoms with van der Waals surface area (Å²) in [6.45, 7) is 3.37. The van der Waals surface area contributed by atoms with Crippen LogP contribution in [0.4, 0.5) is 4.79 Å². The molecule has 3 N–H and O–H groups in total. The van der Waals surface area contributed by atoms with Crippen LogP contribution in [0.5, 0.6) is 5.75 Å². The maximum atomic E-state index is 12.7. The Labute approximate surface area is 202 Å². The summed E-state index contributed by atoms with van der Waals surface area (Å²) in [4.78, 5) is 49.5. The Morgan fingerprint density at radius 1 is 0.943 bits per heavy atom. The van der Waals surface area contributed by atoms with E-state index in [1.54, 1.807) is 55.5 Å². The summed E-state index contributed by atoms with van der Waals surface area (Å²) in [5, 5.41) is 7.69. The van der Waals surface area contributed by atoms with Gasteiger partial charge in [-0.05, 0) is 43.7 Å². The van der Waals surface area contributed by atoms with Crippen LogP contribution in [0.3, 0.4) is 0 Å². The van der Waals surface area contributed by atoms with Crippen molar-refractivity contribution in [2.75, 3.05) is 26.4 Å². The van der Waals surface area contributed by atoms with Crippen molar-refractivity contribution >= 4 is 23.9 Å². The van der Waals surface area contributed by atoms with Gasteiger partial charge in [0.15, 0.2) is 0 Å². The van der Waals surface area contributed by atoms with Crippen molar-refractivity contribution < 1.29 is 33.4 Å². The van der Waals surface area contributed by atoms with Gasteiger partial charge in [-0.3, -0.25) is 9.59 Å². The number of benzene rings is 2. The van der Waals surface area contributed by atoms with E-state index in [1.807, 2.05) is 13.0 Å². The van der Waals surface area contributed by atoms with Crippen LogP contribution in [0.25, 0.3) is 0 Å². The molecule has 0 saturated heterocycles. The maximum absolute atomic E-state index is 12.7. The summed E-state index contributed by atoms with van der Waals surface area (Å²) < 4.78 is 15.7. The third-order valence-corrected chi connectivity index (χ3v) is 4.98. The van der Waals surface area contributed by atoms with Crippen molar-refractivity contribution in [3.8, 4) is 5.75 Å². The first-order valence-electron chi connectivity index (χ1n) is 11.1. The highest BCUT2D eigenvalue weighted by atomic mass is 16.5. The van der Waals surface area contributed by atoms with E-state index in [1.165, 1.54) is 0 Å². The minimum atomic E-state index is -0.780. The first-order chi connectivity index (χ1) is 16.9. The standard InChI is InChI=1S/C25H27N3O7/c1-3-33-18-12-10-17(11-13-18)23(30)26-14-20(29)35-15-19-21(24(31)34-4-2)22(28-25(32)27-19)16-8-6-5-7-9-16/h5-13,22H,3-4,14-15H2,1-2H3,(H,26,30)(H2,27,28,32). The Bertz CT molecular complexity index is 1100. The average molecular weight is 482 g/mol. The minimum Gasteiger partial charge on any atom is -0.494 e. The van der Waals surface area contributed by atoms with E-state index < -0.39 is 36.5 Å². The van der Waals surface area contributed by atoms with Crippen molar-refractivity contribution in [2.24, 2.45) is 0 Å². The quantitative estimate of drug-likeness (QED) is 0.443. The lowest BCUT2D eigenvalue weighted by molar-refractivity contribution is -0.142. The van der Waals surface area contributed by atoms with E-state index in [-0.39, 0.29) is 24.5 Å². The number of ether oxygens (including phenoxy) is 3. The van der Waals surface area contributed by atoms with Crippen LogP contribution in [-0.2, 0) is 19.1 Å². The van der Waals surface area contributed by atoms with Crippen molar-refractivity contribution in [1.29, 1.82) is 0 Å². The van der Waals surface area contributed by atoms with Gasteiger partial charge in [0.25, 0.3) is 5.91 Å². The number of carbonyl (C=O) groups excluding carboxylic acids is 4. The van der Waals surface area contributed by atoms with Crippen molar-refractivity contribution in [3.05, 3.63) is 77.0 Å². The van der Waals surface area contributed by atoms with Crippen molar-refractivity contribution in [3.63, 3.8) is 0 Å². The highest BCUT2D eigenvalue weighted by Gasteiger charge is 2.34. The van der Waals surface area contributed by atoms with Crippen molar-refractivity contribution in [1.82, 2.24) is 16.0 Å². The summed E-state index contributed by atoms with van der Waals surface area (Å²) in [6, 6.07) is 14.0. The third kappa shape index (κ3) is 6.83. The second-order valence-corrected chi connectivity index (χ2v) is 7.36. The molecule has 1 unspecified atom stereocenters. The molecule has 10 heteroatoms. The monoisotopic (exact) mass is 481 g/mol. The zero-order valence-corrected chi connectivity index (χ0v) is 19.5. The Morgan fingerprint density at radius 3 is 2.31 bits per heavy atom. The predicted octanol–water partition coefficient (Wildman–Crippen LogP) is 2.23. The fraction of sp³-hybridized carbons (Fsp3) is 0.280. The fourth-order valence-electron chi connectivity index (χ4n) is 3.40. The third-order valence-electron chi connectivity index (χ3n) is 4.98. The van der Waals surface area contributed by atoms with Crippen LogP contribution in [0.2, 0.25) is 0 Å². The predicted molar refractivity (Wildman–Crippen MR) is 125 cm³/mol. The Kier molecular flexibility index (Phi) is 8.82. The largest absolute Gasteiger partial charge is 0.494 e. The molecule has 1 aliphatic heterocycles. The highest BCUT2D eigenvalue weighted by Crippen LogP contribution is 2.27. The average Bonchev–Trinajstić information content (AvgIpc) is 2.87. The number of rotatable bonds is 10. The van der Waals surface area contributed by atoms with E-state index in [0.717, 1.165) is 0 Å². The molecular formula is C25H27N3O7. The minimum absolute atomic E-state index is 0.104. The highest BCUT2D eigenvalue weighted by molar-refractivity contribution is 5.96. The van der Waals surface area contributed by atoms with Crippen molar-refractivity contribution in [2.45, 2.75) is 19.9 Å². The molecule has 35 heavy (non-hydrogen) atoms. The zero-order valence-electron chi connectivity index (χ0n) is 19.5. The van der Waals surface area contributed by atoms with Gasteiger partial charge in [-0.1, -0.05) is 30.3 Å². The second kappa shape index (κ2) is 12.2. The van der Waals surface area contributed by atoms with Gasteiger partial charge in [0.05, 0.1) is 30.5 Å². The number of esters is 2. The van der Waals surface area contributed by atoms with E-state index in [2.05, 4.69) is 16.0 Å². The van der Waals surface area contributed by atoms with Gasteiger partial charge in [0, 0.05) is 5.56 Å². The van der Waals surface area contributed by atoms with Crippen LogP contribution in [0, 0.1) is 0 Å². The molecule has 0 fully saturated rings. The summed E-state index contributed by atoms with van der Waals surface area (Å²) >= 11 is 0.